The number of alkyl halides is 3. The van der Waals surface area contributed by atoms with E-state index in [-0.39, 0.29) is 17.9 Å². The molecule has 9 heteroatoms. The molecule has 0 atom stereocenters. The molecule has 2 aromatic heterocycles. The van der Waals surface area contributed by atoms with Crippen molar-refractivity contribution in [3.8, 4) is 5.69 Å². The van der Waals surface area contributed by atoms with Gasteiger partial charge in [-0.25, -0.2) is 4.68 Å². The maximum absolute atomic E-state index is 13.4. The minimum Gasteiger partial charge on any atom is -0.467 e. The van der Waals surface area contributed by atoms with E-state index in [0.29, 0.717) is 5.76 Å². The molecule has 0 bridgehead atoms. The van der Waals surface area contributed by atoms with E-state index in [1.54, 1.807) is 12.1 Å². The molecule has 3 rings (SSSR count). The second-order valence-corrected chi connectivity index (χ2v) is 6.17. The van der Waals surface area contributed by atoms with E-state index in [2.05, 4.69) is 5.10 Å². The van der Waals surface area contributed by atoms with Crippen molar-refractivity contribution in [2.24, 2.45) is 0 Å². The van der Waals surface area contributed by atoms with E-state index in [4.69, 9.17) is 4.42 Å². The molecule has 0 unspecified atom stereocenters. The Hall–Kier alpha value is -3.36. The number of carbonyl (C=O) groups is 1. The topological polar surface area (TPSA) is 68.3 Å². The number of furan rings is 1. The molecule has 0 radical (unpaired) electrons. The number of nitrogens with zero attached hydrogens (tertiary/aromatic N) is 3. The van der Waals surface area contributed by atoms with Crippen LogP contribution in [0.25, 0.3) is 5.69 Å². The summed E-state index contributed by atoms with van der Waals surface area (Å²) >= 11 is 0. The summed E-state index contributed by atoms with van der Waals surface area (Å²) in [6.07, 6.45) is -3.17. The molecule has 0 fully saturated rings. The smallest absolute Gasteiger partial charge is 0.418 e. The fourth-order valence-electron chi connectivity index (χ4n) is 2.73. The van der Waals surface area contributed by atoms with Crippen LogP contribution in [0.4, 0.5) is 13.2 Å². The Morgan fingerprint density at radius 3 is 2.57 bits per heavy atom. The molecule has 6 nitrogen and oxygen atoms in total. The van der Waals surface area contributed by atoms with Crippen molar-refractivity contribution < 1.29 is 22.4 Å². The Morgan fingerprint density at radius 1 is 1.21 bits per heavy atom. The van der Waals surface area contributed by atoms with Gasteiger partial charge in [0.05, 0.1) is 24.1 Å². The minimum atomic E-state index is -4.62. The highest BCUT2D eigenvalue weighted by Crippen LogP contribution is 2.33. The van der Waals surface area contributed by atoms with Crippen molar-refractivity contribution in [3.05, 3.63) is 81.7 Å². The third-order valence-corrected chi connectivity index (χ3v) is 4.07. The number of aromatic nitrogens is 2. The average Bonchev–Trinajstić information content (AvgIpc) is 3.13. The monoisotopic (exact) mass is 391 g/mol. The molecule has 0 saturated heterocycles. The second kappa shape index (κ2) is 7.34. The van der Waals surface area contributed by atoms with Crippen LogP contribution in [0.5, 0.6) is 0 Å². The average molecular weight is 391 g/mol. The van der Waals surface area contributed by atoms with Gasteiger partial charge < -0.3 is 9.32 Å². The third kappa shape index (κ3) is 3.83. The van der Waals surface area contributed by atoms with Crippen LogP contribution >= 0.6 is 0 Å². The maximum Gasteiger partial charge on any atom is 0.418 e. The van der Waals surface area contributed by atoms with Gasteiger partial charge in [0.2, 0.25) is 5.43 Å². The summed E-state index contributed by atoms with van der Waals surface area (Å²) in [5, 5.41) is 3.95. The number of rotatable bonds is 4. The van der Waals surface area contributed by atoms with E-state index in [1.165, 1.54) is 43.3 Å². The summed E-state index contributed by atoms with van der Waals surface area (Å²) in [6.45, 7) is 1.53. The van der Waals surface area contributed by atoms with Crippen LogP contribution in [0.3, 0.4) is 0 Å². The molecule has 2 heterocycles. The first-order chi connectivity index (χ1) is 13.2. The molecule has 0 aliphatic carbocycles. The van der Waals surface area contributed by atoms with E-state index in [0.717, 1.165) is 16.8 Å². The van der Waals surface area contributed by atoms with Crippen molar-refractivity contribution in [3.63, 3.8) is 0 Å². The standard InChI is InChI=1S/C19H16F3N3O3/c1-12-10-16(26)17(18(27)24(2)11-13-6-5-9-28-13)23-25(12)15-8-4-3-7-14(15)19(20,21)22/h3-10H,11H2,1-2H3. The molecule has 0 spiro atoms. The highest BCUT2D eigenvalue weighted by atomic mass is 19.4. The summed E-state index contributed by atoms with van der Waals surface area (Å²) in [4.78, 5) is 26.1. The number of halogens is 3. The SMILES string of the molecule is Cc1cc(=O)c(C(=O)N(C)Cc2ccco2)nn1-c1ccccc1C(F)(F)F. The van der Waals surface area contributed by atoms with Crippen molar-refractivity contribution in [1.82, 2.24) is 14.7 Å². The Bertz CT molecular complexity index is 1060. The first-order valence-corrected chi connectivity index (χ1v) is 8.24. The van der Waals surface area contributed by atoms with E-state index in [1.807, 2.05) is 0 Å². The molecule has 0 aliphatic heterocycles. The van der Waals surface area contributed by atoms with Gasteiger partial charge in [-0.15, -0.1) is 0 Å². The zero-order valence-electron chi connectivity index (χ0n) is 15.0. The second-order valence-electron chi connectivity index (χ2n) is 6.17. The van der Waals surface area contributed by atoms with Crippen LogP contribution in [0.2, 0.25) is 0 Å². The molecule has 0 N–H and O–H groups in total. The Labute approximate surface area is 157 Å². The summed E-state index contributed by atoms with van der Waals surface area (Å²) in [5.74, 6) is -0.231. The molecule has 0 aliphatic rings. The lowest BCUT2D eigenvalue weighted by atomic mass is 10.1. The molecular weight excluding hydrogens is 375 g/mol. The van der Waals surface area contributed by atoms with Gasteiger partial charge >= 0.3 is 6.18 Å². The van der Waals surface area contributed by atoms with Gasteiger partial charge in [-0.3, -0.25) is 9.59 Å². The molecule has 1 aromatic carbocycles. The predicted molar refractivity (Wildman–Crippen MR) is 94.1 cm³/mol. The van der Waals surface area contributed by atoms with Crippen LogP contribution in [0.15, 0.2) is 57.9 Å². The quantitative estimate of drug-likeness (QED) is 0.683. The van der Waals surface area contributed by atoms with Crippen LogP contribution in [0.1, 0.15) is 27.5 Å². The molecule has 3 aromatic rings. The number of hydrogen-bond acceptors (Lipinski definition) is 4. The number of amides is 1. The van der Waals surface area contributed by atoms with Crippen LogP contribution in [0, 0.1) is 6.92 Å². The fourth-order valence-corrected chi connectivity index (χ4v) is 2.73. The lowest BCUT2D eigenvalue weighted by Crippen LogP contribution is -2.33. The lowest BCUT2D eigenvalue weighted by molar-refractivity contribution is -0.137. The van der Waals surface area contributed by atoms with E-state index < -0.39 is 28.8 Å². The largest absolute Gasteiger partial charge is 0.467 e. The van der Waals surface area contributed by atoms with E-state index >= 15 is 0 Å². The first kappa shape index (κ1) is 19.4. The number of para-hydroxylation sites is 1. The number of benzene rings is 1. The van der Waals surface area contributed by atoms with Gasteiger partial charge in [0.1, 0.15) is 5.76 Å². The van der Waals surface area contributed by atoms with Crippen LogP contribution in [-0.2, 0) is 12.7 Å². The highest BCUT2D eigenvalue weighted by Gasteiger charge is 2.34. The van der Waals surface area contributed by atoms with E-state index in [9.17, 15) is 22.8 Å². The highest BCUT2D eigenvalue weighted by molar-refractivity contribution is 5.91. The Morgan fingerprint density at radius 2 is 1.93 bits per heavy atom. The summed E-state index contributed by atoms with van der Waals surface area (Å²) in [7, 11) is 1.44. The van der Waals surface area contributed by atoms with Crippen molar-refractivity contribution in [2.75, 3.05) is 7.05 Å². The molecular formula is C19H16F3N3O3. The minimum absolute atomic E-state index is 0.0833. The molecule has 0 saturated carbocycles. The van der Waals surface area contributed by atoms with Crippen molar-refractivity contribution in [1.29, 1.82) is 0 Å². The van der Waals surface area contributed by atoms with Gasteiger partial charge in [0.25, 0.3) is 5.91 Å². The van der Waals surface area contributed by atoms with Gasteiger partial charge in [-0.1, -0.05) is 12.1 Å². The molecule has 1 amide bonds. The Kier molecular flexibility index (Phi) is 5.08. The summed E-state index contributed by atoms with van der Waals surface area (Å²) < 4.78 is 46.2. The summed E-state index contributed by atoms with van der Waals surface area (Å²) in [5.41, 5.74) is -2.16. The zero-order valence-corrected chi connectivity index (χ0v) is 15.0. The number of carbonyl (C=O) groups excluding carboxylic acids is 1. The first-order valence-electron chi connectivity index (χ1n) is 8.24. The predicted octanol–water partition coefficient (Wildman–Crippen LogP) is 3.42. The number of aryl methyl sites for hydroxylation is 1. The number of hydrogen-bond donors (Lipinski definition) is 0. The summed E-state index contributed by atoms with van der Waals surface area (Å²) in [6, 6.07) is 9.23. The van der Waals surface area contributed by atoms with Crippen LogP contribution in [-0.4, -0.2) is 27.6 Å². The van der Waals surface area contributed by atoms with Gasteiger partial charge in [0, 0.05) is 18.8 Å². The van der Waals surface area contributed by atoms with Gasteiger partial charge in [0.15, 0.2) is 5.69 Å². The molecule has 146 valence electrons. The normalized spacial score (nSPS) is 11.5. The van der Waals surface area contributed by atoms with Crippen LogP contribution < -0.4 is 5.43 Å². The lowest BCUT2D eigenvalue weighted by Gasteiger charge is -2.18. The fraction of sp³-hybridized carbons (Fsp3) is 0.211. The maximum atomic E-state index is 13.4. The van der Waals surface area contributed by atoms with Crippen molar-refractivity contribution in [2.45, 2.75) is 19.6 Å². The Balaban J connectivity index is 2.05. The van der Waals surface area contributed by atoms with Gasteiger partial charge in [-0.2, -0.15) is 18.3 Å². The van der Waals surface area contributed by atoms with Crippen molar-refractivity contribution >= 4 is 5.91 Å². The van der Waals surface area contributed by atoms with Gasteiger partial charge in [-0.05, 0) is 31.2 Å². The zero-order chi connectivity index (χ0) is 20.5. The molecule has 28 heavy (non-hydrogen) atoms. The third-order valence-electron chi connectivity index (χ3n) is 4.07.